The second kappa shape index (κ2) is 3.90. The molecule has 112 valence electrons. The molecule has 0 radical (unpaired) electrons. The molecule has 2 bridgehead atoms. The predicted octanol–water partition coefficient (Wildman–Crippen LogP) is 3.40. The van der Waals surface area contributed by atoms with Crippen LogP contribution in [0.3, 0.4) is 0 Å². The van der Waals surface area contributed by atoms with Crippen molar-refractivity contribution in [2.24, 2.45) is 16.7 Å². The lowest BCUT2D eigenvalue weighted by Gasteiger charge is -2.38. The minimum atomic E-state index is 0.211. The topological polar surface area (TPSA) is 74.2 Å². The highest BCUT2D eigenvalue weighted by Crippen LogP contribution is 2.66. The Kier molecular flexibility index (Phi) is 2.40. The summed E-state index contributed by atoms with van der Waals surface area (Å²) in [5, 5.41) is 7.81. The molecule has 0 spiro atoms. The van der Waals surface area contributed by atoms with E-state index in [-0.39, 0.29) is 11.5 Å². The van der Waals surface area contributed by atoms with E-state index in [0.29, 0.717) is 22.1 Å². The fourth-order valence-electron chi connectivity index (χ4n) is 4.42. The van der Waals surface area contributed by atoms with Crippen LogP contribution >= 0.6 is 0 Å². The van der Waals surface area contributed by atoms with Gasteiger partial charge >= 0.3 is 0 Å². The number of nitrogen functional groups attached to an aromatic ring is 1. The van der Waals surface area contributed by atoms with E-state index in [0.717, 1.165) is 18.1 Å². The molecule has 1 heterocycles. The monoisotopic (exact) mass is 287 g/mol. The SMILES string of the molecule is CC1(C)C2CCC1(C)C(Oc1ccc(N)c3nonc13)C2. The van der Waals surface area contributed by atoms with Crippen molar-refractivity contribution in [2.45, 2.75) is 46.1 Å². The minimum Gasteiger partial charge on any atom is -0.487 e. The van der Waals surface area contributed by atoms with Crippen LogP contribution in [0.2, 0.25) is 0 Å². The largest absolute Gasteiger partial charge is 0.487 e. The van der Waals surface area contributed by atoms with Crippen molar-refractivity contribution in [3.63, 3.8) is 0 Å². The molecule has 0 amide bonds. The second-order valence-electron chi connectivity index (χ2n) is 7.33. The zero-order valence-corrected chi connectivity index (χ0v) is 12.7. The van der Waals surface area contributed by atoms with E-state index in [1.54, 1.807) is 0 Å². The highest BCUT2D eigenvalue weighted by Gasteiger charge is 2.62. The first kappa shape index (κ1) is 12.9. The van der Waals surface area contributed by atoms with E-state index in [1.165, 1.54) is 12.8 Å². The van der Waals surface area contributed by atoms with E-state index >= 15 is 0 Å². The molecule has 4 rings (SSSR count). The summed E-state index contributed by atoms with van der Waals surface area (Å²) < 4.78 is 11.2. The van der Waals surface area contributed by atoms with Gasteiger partial charge < -0.3 is 10.5 Å². The lowest BCUT2D eigenvalue weighted by atomic mass is 9.70. The molecule has 5 nitrogen and oxygen atoms in total. The Bertz CT molecular complexity index is 709. The predicted molar refractivity (Wildman–Crippen MR) is 79.9 cm³/mol. The molecule has 0 aliphatic heterocycles. The normalized spacial score (nSPS) is 33.7. The number of ether oxygens (including phenoxy) is 1. The van der Waals surface area contributed by atoms with Crippen LogP contribution < -0.4 is 10.5 Å². The number of aromatic nitrogens is 2. The first-order chi connectivity index (χ1) is 9.93. The molecule has 1 aromatic heterocycles. The van der Waals surface area contributed by atoms with Crippen LogP contribution in [0, 0.1) is 16.7 Å². The van der Waals surface area contributed by atoms with Crippen LogP contribution in [0.5, 0.6) is 5.75 Å². The quantitative estimate of drug-likeness (QED) is 0.857. The van der Waals surface area contributed by atoms with Gasteiger partial charge in [-0.1, -0.05) is 20.8 Å². The number of benzene rings is 1. The van der Waals surface area contributed by atoms with Crippen LogP contribution in [0.1, 0.15) is 40.0 Å². The molecule has 2 aliphatic carbocycles. The van der Waals surface area contributed by atoms with Crippen LogP contribution in [0.4, 0.5) is 5.69 Å². The molecule has 2 aromatic rings. The van der Waals surface area contributed by atoms with Crippen molar-refractivity contribution in [1.82, 2.24) is 10.3 Å². The average Bonchev–Trinajstić information content (AvgIpc) is 3.05. The number of rotatable bonds is 2. The number of anilines is 1. The van der Waals surface area contributed by atoms with E-state index in [2.05, 4.69) is 31.1 Å². The van der Waals surface area contributed by atoms with Crippen LogP contribution in [-0.4, -0.2) is 16.4 Å². The third-order valence-corrected chi connectivity index (χ3v) is 6.39. The number of hydrogen-bond donors (Lipinski definition) is 1. The number of nitrogens with two attached hydrogens (primary N) is 1. The van der Waals surface area contributed by atoms with Gasteiger partial charge in [0.15, 0.2) is 16.8 Å². The smallest absolute Gasteiger partial charge is 0.179 e. The van der Waals surface area contributed by atoms with Crippen molar-refractivity contribution in [1.29, 1.82) is 0 Å². The Morgan fingerprint density at radius 1 is 1.24 bits per heavy atom. The highest BCUT2D eigenvalue weighted by atomic mass is 16.6. The maximum Gasteiger partial charge on any atom is 0.179 e. The Balaban J connectivity index is 1.71. The van der Waals surface area contributed by atoms with Gasteiger partial charge in [-0.3, -0.25) is 0 Å². The second-order valence-corrected chi connectivity index (χ2v) is 7.33. The maximum absolute atomic E-state index is 6.36. The molecule has 21 heavy (non-hydrogen) atoms. The van der Waals surface area contributed by atoms with E-state index < -0.39 is 0 Å². The zero-order valence-electron chi connectivity index (χ0n) is 12.7. The third-order valence-electron chi connectivity index (χ3n) is 6.39. The Hall–Kier alpha value is -1.78. The summed E-state index contributed by atoms with van der Waals surface area (Å²) in [7, 11) is 0. The highest BCUT2D eigenvalue weighted by molar-refractivity contribution is 5.90. The van der Waals surface area contributed by atoms with Gasteiger partial charge in [0.05, 0.1) is 5.69 Å². The molecule has 2 N–H and O–H groups in total. The Morgan fingerprint density at radius 2 is 2.00 bits per heavy atom. The van der Waals surface area contributed by atoms with Crippen molar-refractivity contribution < 1.29 is 9.37 Å². The summed E-state index contributed by atoms with van der Waals surface area (Å²) >= 11 is 0. The summed E-state index contributed by atoms with van der Waals surface area (Å²) in [6.45, 7) is 7.12. The molecule has 2 fully saturated rings. The summed E-state index contributed by atoms with van der Waals surface area (Å²) in [6, 6.07) is 3.69. The summed E-state index contributed by atoms with van der Waals surface area (Å²) in [6.07, 6.45) is 3.87. The van der Waals surface area contributed by atoms with E-state index in [4.69, 9.17) is 15.1 Å². The van der Waals surface area contributed by atoms with Gasteiger partial charge in [-0.05, 0) is 53.0 Å². The first-order valence-electron chi connectivity index (χ1n) is 7.61. The summed E-state index contributed by atoms with van der Waals surface area (Å²) in [5.74, 6) is 1.47. The van der Waals surface area contributed by atoms with Crippen LogP contribution in [0.15, 0.2) is 16.8 Å². The molecule has 3 atom stereocenters. The van der Waals surface area contributed by atoms with Gasteiger partial charge in [0.25, 0.3) is 0 Å². The molecule has 1 aromatic carbocycles. The number of hydrogen-bond acceptors (Lipinski definition) is 5. The molecule has 0 saturated heterocycles. The van der Waals surface area contributed by atoms with Crippen molar-refractivity contribution in [3.05, 3.63) is 12.1 Å². The Morgan fingerprint density at radius 3 is 2.67 bits per heavy atom. The maximum atomic E-state index is 6.36. The summed E-state index contributed by atoms with van der Waals surface area (Å²) in [5.41, 5.74) is 8.20. The standard InChI is InChI=1S/C16H21N3O2/c1-15(2)9-6-7-16(15,3)12(8-9)20-11-5-4-10(17)13-14(11)19-21-18-13/h4-5,9,12H,6-8,17H2,1-3H3. The number of fused-ring (bicyclic) bond motifs is 3. The average molecular weight is 287 g/mol. The van der Waals surface area contributed by atoms with Crippen LogP contribution in [-0.2, 0) is 0 Å². The third kappa shape index (κ3) is 1.52. The molecule has 2 aliphatic rings. The van der Waals surface area contributed by atoms with Crippen molar-refractivity contribution >= 4 is 16.7 Å². The van der Waals surface area contributed by atoms with Crippen molar-refractivity contribution in [3.8, 4) is 5.75 Å². The Labute approximate surface area is 123 Å². The molecular weight excluding hydrogens is 266 g/mol. The molecule has 3 unspecified atom stereocenters. The fourth-order valence-corrected chi connectivity index (χ4v) is 4.42. The minimum absolute atomic E-state index is 0.211. The van der Waals surface area contributed by atoms with E-state index in [1.807, 2.05) is 12.1 Å². The van der Waals surface area contributed by atoms with Gasteiger partial charge in [0.2, 0.25) is 0 Å². The molecule has 5 heteroatoms. The number of nitrogens with zero attached hydrogens (tertiary/aromatic N) is 2. The van der Waals surface area contributed by atoms with Gasteiger partial charge in [-0.15, -0.1) is 0 Å². The lowest BCUT2D eigenvalue weighted by molar-refractivity contribution is 0.0309. The zero-order chi connectivity index (χ0) is 14.8. The van der Waals surface area contributed by atoms with Gasteiger partial charge in [-0.25, -0.2) is 4.63 Å². The van der Waals surface area contributed by atoms with Gasteiger partial charge in [-0.2, -0.15) is 0 Å². The summed E-state index contributed by atoms with van der Waals surface area (Å²) in [4.78, 5) is 0. The van der Waals surface area contributed by atoms with Gasteiger partial charge in [0, 0.05) is 5.41 Å². The fraction of sp³-hybridized carbons (Fsp3) is 0.625. The van der Waals surface area contributed by atoms with Gasteiger partial charge in [0.1, 0.15) is 6.10 Å². The van der Waals surface area contributed by atoms with Crippen LogP contribution in [0.25, 0.3) is 11.0 Å². The first-order valence-corrected chi connectivity index (χ1v) is 7.61. The molecule has 2 saturated carbocycles. The van der Waals surface area contributed by atoms with E-state index in [9.17, 15) is 0 Å². The molecular formula is C16H21N3O2. The van der Waals surface area contributed by atoms with Crippen molar-refractivity contribution in [2.75, 3.05) is 5.73 Å². The lowest BCUT2D eigenvalue weighted by Crippen LogP contribution is -2.38.